The van der Waals surface area contributed by atoms with Crippen LogP contribution in [0, 0.1) is 12.7 Å². The quantitative estimate of drug-likeness (QED) is 0.646. The van der Waals surface area contributed by atoms with Gasteiger partial charge in [-0.25, -0.2) is 4.39 Å². The molecule has 0 nitrogen and oxygen atoms in total. The van der Waals surface area contributed by atoms with Gasteiger partial charge in [0.1, 0.15) is 5.82 Å². The Hall–Kier alpha value is -0.850. The fourth-order valence-corrected chi connectivity index (χ4v) is 1.39. The summed E-state index contributed by atoms with van der Waals surface area (Å²) in [5.74, 6) is 0.164. The fraction of sp³-hybridized carbons (Fsp3) is 0.417. The largest absolute Gasteiger partial charge is 0.206 e. The van der Waals surface area contributed by atoms with Crippen molar-refractivity contribution in [3.63, 3.8) is 0 Å². The Morgan fingerprint density at radius 1 is 1.15 bits per heavy atom. The fourth-order valence-electron chi connectivity index (χ4n) is 1.39. The van der Waals surface area contributed by atoms with E-state index in [1.165, 1.54) is 0 Å². The molecule has 0 aliphatic carbocycles. The lowest BCUT2D eigenvalue weighted by atomic mass is 9.95. The minimum atomic E-state index is -0.0833. The molecule has 1 atom stereocenters. The molecule has 0 bridgehead atoms. The molecule has 0 aliphatic heterocycles. The number of halogens is 1. The van der Waals surface area contributed by atoms with Crippen LogP contribution in [0.5, 0.6) is 0 Å². The highest BCUT2D eigenvalue weighted by molar-refractivity contribution is 5.30. The first-order chi connectivity index (χ1) is 6.04. The van der Waals surface area contributed by atoms with Gasteiger partial charge in [0.05, 0.1) is 0 Å². The van der Waals surface area contributed by atoms with E-state index in [9.17, 15) is 4.39 Å². The van der Waals surface area contributed by atoms with E-state index in [1.807, 2.05) is 32.9 Å². The second-order valence-electron chi connectivity index (χ2n) is 3.81. The summed E-state index contributed by atoms with van der Waals surface area (Å²) in [5, 5.41) is 0. The zero-order valence-corrected chi connectivity index (χ0v) is 8.47. The molecule has 1 aromatic rings. The van der Waals surface area contributed by atoms with Crippen molar-refractivity contribution < 1.29 is 4.39 Å². The van der Waals surface area contributed by atoms with Crippen molar-refractivity contribution in [3.8, 4) is 0 Å². The smallest absolute Gasteiger partial charge is 0.130 e. The summed E-state index contributed by atoms with van der Waals surface area (Å²) in [4.78, 5) is 0. The molecule has 0 saturated heterocycles. The van der Waals surface area contributed by atoms with Gasteiger partial charge >= 0.3 is 0 Å². The normalized spacial score (nSPS) is 11.3. The Balaban J connectivity index is 3.18. The van der Waals surface area contributed by atoms with Crippen molar-refractivity contribution >= 4 is 0 Å². The highest BCUT2D eigenvalue weighted by Crippen LogP contribution is 2.25. The first-order valence-corrected chi connectivity index (χ1v) is 4.65. The maximum Gasteiger partial charge on any atom is 0.130 e. The predicted molar refractivity (Wildman–Crippen MR) is 54.3 cm³/mol. The molecule has 13 heavy (non-hydrogen) atoms. The standard InChI is InChI=1S/C12H16F/c1-8(2)10-6-5-7-11(9(3)4)12(10)13/h5-9H,1H2,2-4H3. The molecular weight excluding hydrogens is 163 g/mol. The van der Waals surface area contributed by atoms with Gasteiger partial charge in [-0.2, -0.15) is 0 Å². The summed E-state index contributed by atoms with van der Waals surface area (Å²) in [5.41, 5.74) is 1.50. The molecule has 1 aromatic carbocycles. The number of hydrogen-bond acceptors (Lipinski definition) is 0. The van der Waals surface area contributed by atoms with E-state index < -0.39 is 0 Å². The van der Waals surface area contributed by atoms with Crippen LogP contribution in [0.2, 0.25) is 0 Å². The molecule has 0 amide bonds. The Bertz CT molecular complexity index is 261. The van der Waals surface area contributed by atoms with Crippen LogP contribution in [0.25, 0.3) is 0 Å². The van der Waals surface area contributed by atoms with E-state index in [1.54, 1.807) is 6.07 Å². The van der Waals surface area contributed by atoms with Crippen molar-refractivity contribution in [2.24, 2.45) is 0 Å². The molecule has 0 aliphatic rings. The second kappa shape index (κ2) is 3.91. The summed E-state index contributed by atoms with van der Waals surface area (Å²) >= 11 is 0. The van der Waals surface area contributed by atoms with Gasteiger partial charge in [0.2, 0.25) is 0 Å². The second-order valence-corrected chi connectivity index (χ2v) is 3.81. The van der Waals surface area contributed by atoms with Crippen molar-refractivity contribution in [1.82, 2.24) is 0 Å². The van der Waals surface area contributed by atoms with E-state index in [2.05, 4.69) is 6.92 Å². The average molecular weight is 179 g/mol. The summed E-state index contributed by atoms with van der Waals surface area (Å²) in [7, 11) is 0. The summed E-state index contributed by atoms with van der Waals surface area (Å²) < 4.78 is 13.7. The van der Waals surface area contributed by atoms with E-state index in [0.29, 0.717) is 5.56 Å². The minimum Gasteiger partial charge on any atom is -0.206 e. The van der Waals surface area contributed by atoms with E-state index >= 15 is 0 Å². The Morgan fingerprint density at radius 3 is 2.15 bits per heavy atom. The molecule has 1 unspecified atom stereocenters. The topological polar surface area (TPSA) is 0 Å². The SMILES string of the molecule is [CH2]C(C)c1cccc(C(C)C)c1F. The zero-order chi connectivity index (χ0) is 10.0. The van der Waals surface area contributed by atoms with Gasteiger partial charge in [-0.1, -0.05) is 39.0 Å². The highest BCUT2D eigenvalue weighted by atomic mass is 19.1. The molecule has 0 saturated carbocycles. The molecule has 0 fully saturated rings. The zero-order valence-electron chi connectivity index (χ0n) is 8.47. The molecule has 0 aromatic heterocycles. The predicted octanol–water partition coefficient (Wildman–Crippen LogP) is 3.89. The van der Waals surface area contributed by atoms with Crippen molar-refractivity contribution in [2.75, 3.05) is 0 Å². The van der Waals surface area contributed by atoms with Crippen molar-refractivity contribution in [2.45, 2.75) is 32.6 Å². The van der Waals surface area contributed by atoms with Crippen LogP contribution in [-0.4, -0.2) is 0 Å². The Kier molecular flexibility index (Phi) is 3.07. The maximum absolute atomic E-state index is 13.7. The van der Waals surface area contributed by atoms with Gasteiger partial charge in [-0.15, -0.1) is 0 Å². The molecule has 1 radical (unpaired) electrons. The molecular formula is C12H16F. The van der Waals surface area contributed by atoms with Crippen LogP contribution in [0.3, 0.4) is 0 Å². The van der Waals surface area contributed by atoms with Crippen molar-refractivity contribution in [1.29, 1.82) is 0 Å². The third-order valence-corrected chi connectivity index (χ3v) is 2.21. The number of benzene rings is 1. The molecule has 0 spiro atoms. The van der Waals surface area contributed by atoms with Gasteiger partial charge in [-0.05, 0) is 29.9 Å². The molecule has 1 heteroatoms. The number of hydrogen-bond donors (Lipinski definition) is 0. The monoisotopic (exact) mass is 179 g/mol. The van der Waals surface area contributed by atoms with Gasteiger partial charge in [-0.3, -0.25) is 0 Å². The van der Waals surface area contributed by atoms with Crippen LogP contribution in [0.15, 0.2) is 18.2 Å². The Labute approximate surface area is 79.8 Å². The van der Waals surface area contributed by atoms with Gasteiger partial charge in [0, 0.05) is 0 Å². The van der Waals surface area contributed by atoms with Crippen LogP contribution < -0.4 is 0 Å². The first-order valence-electron chi connectivity index (χ1n) is 4.65. The van der Waals surface area contributed by atoms with E-state index in [-0.39, 0.29) is 17.7 Å². The summed E-state index contributed by atoms with van der Waals surface area (Å²) in [6, 6.07) is 5.54. The van der Waals surface area contributed by atoms with Crippen LogP contribution in [0.1, 0.15) is 43.7 Å². The average Bonchev–Trinajstić information content (AvgIpc) is 2.03. The van der Waals surface area contributed by atoms with Gasteiger partial charge < -0.3 is 0 Å². The lowest BCUT2D eigenvalue weighted by Gasteiger charge is -2.12. The lowest BCUT2D eigenvalue weighted by Crippen LogP contribution is -1.99. The van der Waals surface area contributed by atoms with E-state index in [0.717, 1.165) is 5.56 Å². The molecule has 71 valence electrons. The lowest BCUT2D eigenvalue weighted by molar-refractivity contribution is 0.578. The Morgan fingerprint density at radius 2 is 1.69 bits per heavy atom. The van der Waals surface area contributed by atoms with E-state index in [4.69, 9.17) is 0 Å². The minimum absolute atomic E-state index is 0.0127. The summed E-state index contributed by atoms with van der Waals surface area (Å²) in [6.07, 6.45) is 0. The van der Waals surface area contributed by atoms with Gasteiger partial charge in [0.25, 0.3) is 0 Å². The van der Waals surface area contributed by atoms with Gasteiger partial charge in [0.15, 0.2) is 0 Å². The molecule has 0 N–H and O–H groups in total. The molecule has 0 heterocycles. The summed E-state index contributed by atoms with van der Waals surface area (Å²) in [6.45, 7) is 9.73. The number of rotatable bonds is 2. The third-order valence-electron chi connectivity index (χ3n) is 2.21. The van der Waals surface area contributed by atoms with Crippen LogP contribution in [0.4, 0.5) is 4.39 Å². The maximum atomic E-state index is 13.7. The van der Waals surface area contributed by atoms with Crippen LogP contribution >= 0.6 is 0 Å². The first kappa shape index (κ1) is 10.2. The van der Waals surface area contributed by atoms with Crippen molar-refractivity contribution in [3.05, 3.63) is 42.1 Å². The highest BCUT2D eigenvalue weighted by Gasteiger charge is 2.12. The third kappa shape index (κ3) is 2.09. The molecule has 1 rings (SSSR count). The van der Waals surface area contributed by atoms with Crippen LogP contribution in [-0.2, 0) is 0 Å².